The van der Waals surface area contributed by atoms with Gasteiger partial charge in [0.05, 0.1) is 11.6 Å². The second-order valence-corrected chi connectivity index (χ2v) is 4.10. The van der Waals surface area contributed by atoms with Crippen molar-refractivity contribution in [2.24, 2.45) is 0 Å². The molecular weight excluding hydrogens is 182 g/mol. The lowest BCUT2D eigenvalue weighted by atomic mass is 10.1. The quantitative estimate of drug-likeness (QED) is 0.741. The van der Waals surface area contributed by atoms with E-state index in [-0.39, 0.29) is 0 Å². The number of hydroxylamine groups is 2. The molecule has 2 rings (SSSR count). The first kappa shape index (κ1) is 8.66. The van der Waals surface area contributed by atoms with Crippen LogP contribution in [0.4, 0.5) is 0 Å². The lowest BCUT2D eigenvalue weighted by molar-refractivity contribution is -0.00434. The van der Waals surface area contributed by atoms with Crippen molar-refractivity contribution in [2.45, 2.75) is 6.92 Å². The second kappa shape index (κ2) is 3.44. The van der Waals surface area contributed by atoms with Gasteiger partial charge in [0, 0.05) is 10.5 Å². The van der Waals surface area contributed by atoms with E-state index in [4.69, 9.17) is 0 Å². The van der Waals surface area contributed by atoms with Gasteiger partial charge in [-0.1, -0.05) is 30.3 Å². The van der Waals surface area contributed by atoms with E-state index in [1.807, 2.05) is 37.3 Å². The Hall–Kier alpha value is -0.930. The van der Waals surface area contributed by atoms with Gasteiger partial charge in [0.2, 0.25) is 0 Å². The molecule has 0 aromatic heterocycles. The summed E-state index contributed by atoms with van der Waals surface area (Å²) in [6, 6.07) is 9.95. The number of benzene rings is 1. The Balaban J connectivity index is 2.41. The minimum atomic E-state index is 0.635. The lowest BCUT2D eigenvalue weighted by Crippen LogP contribution is -2.12. The molecular formula is C10H11NOS. The fourth-order valence-corrected chi connectivity index (χ4v) is 2.23. The van der Waals surface area contributed by atoms with Crippen molar-refractivity contribution in [3.8, 4) is 0 Å². The molecule has 0 atom stereocenters. The standard InChI is InChI=1S/C10H11NOS/c1-8-10(11(12)7-13-8)9-5-3-2-4-6-9/h2-6,12H,7H2,1H3. The molecule has 1 aliphatic rings. The predicted molar refractivity (Wildman–Crippen MR) is 55.1 cm³/mol. The van der Waals surface area contributed by atoms with Crippen LogP contribution >= 0.6 is 11.8 Å². The summed E-state index contributed by atoms with van der Waals surface area (Å²) in [5.74, 6) is 0.635. The average molecular weight is 193 g/mol. The van der Waals surface area contributed by atoms with Crippen molar-refractivity contribution in [1.82, 2.24) is 5.06 Å². The molecule has 68 valence electrons. The van der Waals surface area contributed by atoms with Crippen molar-refractivity contribution < 1.29 is 5.21 Å². The monoisotopic (exact) mass is 193 g/mol. The summed E-state index contributed by atoms with van der Waals surface area (Å²) in [4.78, 5) is 1.17. The van der Waals surface area contributed by atoms with Crippen LogP contribution in [0.1, 0.15) is 12.5 Å². The Morgan fingerprint density at radius 3 is 2.54 bits per heavy atom. The van der Waals surface area contributed by atoms with Crippen LogP contribution in [0.5, 0.6) is 0 Å². The Kier molecular flexibility index (Phi) is 2.29. The average Bonchev–Trinajstić information content (AvgIpc) is 2.48. The van der Waals surface area contributed by atoms with Crippen LogP contribution in [-0.4, -0.2) is 16.1 Å². The molecule has 0 bridgehead atoms. The summed E-state index contributed by atoms with van der Waals surface area (Å²) in [6.07, 6.45) is 0. The summed E-state index contributed by atoms with van der Waals surface area (Å²) in [5.41, 5.74) is 2.01. The molecule has 0 unspecified atom stereocenters. The van der Waals surface area contributed by atoms with Gasteiger partial charge in [0.15, 0.2) is 0 Å². The van der Waals surface area contributed by atoms with E-state index in [0.717, 1.165) is 11.3 Å². The SMILES string of the molecule is CC1=C(c2ccccc2)N(O)CS1. The first-order chi connectivity index (χ1) is 6.29. The highest BCUT2D eigenvalue weighted by atomic mass is 32.2. The Morgan fingerprint density at radius 1 is 1.31 bits per heavy atom. The van der Waals surface area contributed by atoms with E-state index in [1.165, 1.54) is 9.97 Å². The normalized spacial score (nSPS) is 16.9. The summed E-state index contributed by atoms with van der Waals surface area (Å²) < 4.78 is 0. The highest BCUT2D eigenvalue weighted by Gasteiger charge is 2.19. The van der Waals surface area contributed by atoms with E-state index < -0.39 is 0 Å². The van der Waals surface area contributed by atoms with E-state index in [1.54, 1.807) is 11.8 Å². The minimum absolute atomic E-state index is 0.635. The highest BCUT2D eigenvalue weighted by Crippen LogP contribution is 2.35. The number of hydrogen-bond donors (Lipinski definition) is 1. The van der Waals surface area contributed by atoms with Gasteiger partial charge in [-0.25, -0.2) is 5.06 Å². The van der Waals surface area contributed by atoms with Gasteiger partial charge in [-0.05, 0) is 6.92 Å². The van der Waals surface area contributed by atoms with Gasteiger partial charge in [0.1, 0.15) is 0 Å². The first-order valence-electron chi connectivity index (χ1n) is 4.14. The third-order valence-electron chi connectivity index (χ3n) is 2.04. The maximum atomic E-state index is 9.57. The van der Waals surface area contributed by atoms with Crippen molar-refractivity contribution in [1.29, 1.82) is 0 Å². The highest BCUT2D eigenvalue weighted by molar-refractivity contribution is 8.03. The van der Waals surface area contributed by atoms with Crippen molar-refractivity contribution in [3.63, 3.8) is 0 Å². The number of hydrogen-bond acceptors (Lipinski definition) is 3. The van der Waals surface area contributed by atoms with Crippen LogP contribution in [0, 0.1) is 0 Å². The third-order valence-corrected chi connectivity index (χ3v) is 3.04. The zero-order chi connectivity index (χ0) is 9.26. The van der Waals surface area contributed by atoms with E-state index in [0.29, 0.717) is 5.88 Å². The fraction of sp³-hybridized carbons (Fsp3) is 0.200. The molecule has 1 heterocycles. The molecule has 1 aromatic rings. The fourth-order valence-electron chi connectivity index (χ4n) is 1.42. The van der Waals surface area contributed by atoms with Gasteiger partial charge in [0.25, 0.3) is 0 Å². The molecule has 0 saturated carbocycles. The largest absolute Gasteiger partial charge is 0.288 e. The van der Waals surface area contributed by atoms with Crippen molar-refractivity contribution in [3.05, 3.63) is 40.8 Å². The molecule has 0 aliphatic carbocycles. The minimum Gasteiger partial charge on any atom is -0.288 e. The molecule has 13 heavy (non-hydrogen) atoms. The first-order valence-corrected chi connectivity index (χ1v) is 5.13. The van der Waals surface area contributed by atoms with Crippen LogP contribution in [0.15, 0.2) is 35.2 Å². The molecule has 3 heteroatoms. The zero-order valence-electron chi connectivity index (χ0n) is 7.40. The summed E-state index contributed by atoms with van der Waals surface area (Å²) in [6.45, 7) is 2.03. The molecule has 2 nitrogen and oxygen atoms in total. The Labute approximate surface area is 81.8 Å². The molecule has 0 fully saturated rings. The smallest absolute Gasteiger partial charge is 0.0951 e. The molecule has 1 aromatic carbocycles. The molecule has 1 aliphatic heterocycles. The topological polar surface area (TPSA) is 23.5 Å². The summed E-state index contributed by atoms with van der Waals surface area (Å²) in [5, 5.41) is 10.9. The van der Waals surface area contributed by atoms with E-state index >= 15 is 0 Å². The maximum Gasteiger partial charge on any atom is 0.0951 e. The Morgan fingerprint density at radius 2 is 2.00 bits per heavy atom. The van der Waals surface area contributed by atoms with Crippen molar-refractivity contribution >= 4 is 17.5 Å². The molecule has 0 saturated heterocycles. The van der Waals surface area contributed by atoms with Crippen molar-refractivity contribution in [2.75, 3.05) is 5.88 Å². The van der Waals surface area contributed by atoms with Gasteiger partial charge in [-0.3, -0.25) is 5.21 Å². The second-order valence-electron chi connectivity index (χ2n) is 2.94. The molecule has 0 spiro atoms. The third kappa shape index (κ3) is 1.57. The van der Waals surface area contributed by atoms with Crippen LogP contribution < -0.4 is 0 Å². The van der Waals surface area contributed by atoms with Gasteiger partial charge < -0.3 is 0 Å². The van der Waals surface area contributed by atoms with Gasteiger partial charge in [-0.15, -0.1) is 11.8 Å². The zero-order valence-corrected chi connectivity index (χ0v) is 8.21. The number of nitrogens with zero attached hydrogens (tertiary/aromatic N) is 1. The van der Waals surface area contributed by atoms with Crippen LogP contribution in [0.3, 0.4) is 0 Å². The number of thioether (sulfide) groups is 1. The predicted octanol–water partition coefficient (Wildman–Crippen LogP) is 2.77. The molecule has 1 N–H and O–H groups in total. The summed E-state index contributed by atoms with van der Waals surface area (Å²) >= 11 is 1.66. The van der Waals surface area contributed by atoms with E-state index in [2.05, 4.69) is 0 Å². The van der Waals surface area contributed by atoms with Crippen LogP contribution in [0.25, 0.3) is 5.70 Å². The lowest BCUT2D eigenvalue weighted by Gasteiger charge is -2.13. The van der Waals surface area contributed by atoms with Crippen LogP contribution in [-0.2, 0) is 0 Å². The van der Waals surface area contributed by atoms with Gasteiger partial charge >= 0.3 is 0 Å². The summed E-state index contributed by atoms with van der Waals surface area (Å²) in [7, 11) is 0. The molecule has 0 amide bonds. The van der Waals surface area contributed by atoms with Gasteiger partial charge in [-0.2, -0.15) is 0 Å². The Bertz CT molecular complexity index is 334. The maximum absolute atomic E-state index is 9.57. The number of allylic oxidation sites excluding steroid dienone is 1. The van der Waals surface area contributed by atoms with E-state index in [9.17, 15) is 5.21 Å². The van der Waals surface area contributed by atoms with Crippen LogP contribution in [0.2, 0.25) is 0 Å². The molecule has 0 radical (unpaired) electrons. The number of rotatable bonds is 1.